The fourth-order valence-electron chi connectivity index (χ4n) is 1.73. The van der Waals surface area contributed by atoms with Crippen LogP contribution in [0.5, 0.6) is 0 Å². The molecule has 1 saturated carbocycles. The van der Waals surface area contributed by atoms with Crippen molar-refractivity contribution in [2.45, 2.75) is 24.8 Å². The van der Waals surface area contributed by atoms with Gasteiger partial charge in [-0.2, -0.15) is 0 Å². The summed E-state index contributed by atoms with van der Waals surface area (Å²) in [7, 11) is 1.88. The molecule has 0 aliphatic heterocycles. The molecule has 15 heavy (non-hydrogen) atoms. The number of halogens is 3. The first-order valence-electron chi connectivity index (χ1n) is 4.89. The highest BCUT2D eigenvalue weighted by Crippen LogP contribution is 2.39. The van der Waals surface area contributed by atoms with Crippen molar-refractivity contribution >= 4 is 15.9 Å². The van der Waals surface area contributed by atoms with E-state index < -0.39 is 11.6 Å². The Morgan fingerprint density at radius 2 is 2.07 bits per heavy atom. The van der Waals surface area contributed by atoms with E-state index in [4.69, 9.17) is 0 Å². The Morgan fingerprint density at radius 3 is 2.60 bits per heavy atom. The molecule has 0 saturated heterocycles. The zero-order valence-corrected chi connectivity index (χ0v) is 10.00. The molecule has 1 aliphatic rings. The molecule has 0 heterocycles. The van der Waals surface area contributed by atoms with Gasteiger partial charge >= 0.3 is 0 Å². The third-order valence-corrected chi connectivity index (χ3v) is 3.75. The van der Waals surface area contributed by atoms with Gasteiger partial charge in [-0.1, -0.05) is 6.07 Å². The molecule has 0 aromatic heterocycles. The fraction of sp³-hybridized carbons (Fsp3) is 0.455. The number of benzene rings is 1. The highest BCUT2D eigenvalue weighted by Gasteiger charge is 2.41. The lowest BCUT2D eigenvalue weighted by Gasteiger charge is -2.15. The van der Waals surface area contributed by atoms with Crippen molar-refractivity contribution in [3.8, 4) is 0 Å². The van der Waals surface area contributed by atoms with Gasteiger partial charge < -0.3 is 5.32 Å². The SMILES string of the molecule is CNC1(Cc2ccc(F)c(Br)c2F)CC1. The predicted molar refractivity (Wildman–Crippen MR) is 58.8 cm³/mol. The van der Waals surface area contributed by atoms with Crippen LogP contribution in [0.15, 0.2) is 16.6 Å². The van der Waals surface area contributed by atoms with Gasteiger partial charge in [-0.25, -0.2) is 8.78 Å². The summed E-state index contributed by atoms with van der Waals surface area (Å²) in [6, 6.07) is 2.82. The van der Waals surface area contributed by atoms with Crippen LogP contribution in [0.4, 0.5) is 8.78 Å². The summed E-state index contributed by atoms with van der Waals surface area (Å²) in [5.41, 5.74) is 0.605. The quantitative estimate of drug-likeness (QED) is 0.837. The standard InChI is InChI=1S/C11H12BrF2N/c1-15-11(4-5-11)6-7-2-3-8(13)9(12)10(7)14/h2-3,15H,4-6H2,1H3. The summed E-state index contributed by atoms with van der Waals surface area (Å²) in [5.74, 6) is -1.03. The van der Waals surface area contributed by atoms with Gasteiger partial charge in [-0.15, -0.1) is 0 Å². The summed E-state index contributed by atoms with van der Waals surface area (Å²) < 4.78 is 26.6. The third kappa shape index (κ3) is 2.06. The van der Waals surface area contributed by atoms with E-state index in [1.807, 2.05) is 7.05 Å². The smallest absolute Gasteiger partial charge is 0.143 e. The molecule has 0 amide bonds. The average molecular weight is 276 g/mol. The number of likely N-dealkylation sites (N-methyl/N-ethyl adjacent to an activating group) is 1. The van der Waals surface area contributed by atoms with E-state index in [1.165, 1.54) is 12.1 Å². The minimum Gasteiger partial charge on any atom is -0.314 e. The summed E-state index contributed by atoms with van der Waals surface area (Å²) in [4.78, 5) is 0. The molecule has 4 heteroatoms. The van der Waals surface area contributed by atoms with Gasteiger partial charge in [0.25, 0.3) is 0 Å². The first-order chi connectivity index (χ1) is 7.08. The van der Waals surface area contributed by atoms with Crippen molar-refractivity contribution in [1.82, 2.24) is 5.32 Å². The second-order valence-corrected chi connectivity index (χ2v) is 4.83. The Hall–Kier alpha value is -0.480. The monoisotopic (exact) mass is 275 g/mol. The molecular weight excluding hydrogens is 264 g/mol. The molecule has 1 aromatic rings. The molecule has 0 spiro atoms. The molecule has 0 atom stereocenters. The van der Waals surface area contributed by atoms with Gasteiger partial charge in [0.05, 0.1) is 4.47 Å². The van der Waals surface area contributed by atoms with E-state index in [9.17, 15) is 8.78 Å². The van der Waals surface area contributed by atoms with Crippen molar-refractivity contribution in [3.05, 3.63) is 33.8 Å². The fourth-order valence-corrected chi connectivity index (χ4v) is 2.12. The number of hydrogen-bond donors (Lipinski definition) is 1. The number of nitrogens with one attached hydrogen (secondary N) is 1. The normalized spacial score (nSPS) is 17.9. The molecule has 82 valence electrons. The number of hydrogen-bond acceptors (Lipinski definition) is 1. The van der Waals surface area contributed by atoms with Gasteiger partial charge in [-0.3, -0.25) is 0 Å². The van der Waals surface area contributed by atoms with E-state index >= 15 is 0 Å². The van der Waals surface area contributed by atoms with E-state index in [1.54, 1.807) is 0 Å². The lowest BCUT2D eigenvalue weighted by atomic mass is 10.0. The van der Waals surface area contributed by atoms with E-state index in [0.29, 0.717) is 12.0 Å². The zero-order valence-electron chi connectivity index (χ0n) is 8.41. The average Bonchev–Trinajstić information content (AvgIpc) is 3.00. The predicted octanol–water partition coefficient (Wildman–Crippen LogP) is 3.02. The maximum atomic E-state index is 13.6. The Labute approximate surface area is 96.0 Å². The molecule has 1 N–H and O–H groups in total. The Kier molecular flexibility index (Phi) is 2.81. The topological polar surface area (TPSA) is 12.0 Å². The molecule has 1 nitrogen and oxygen atoms in total. The minimum atomic E-state index is -0.550. The highest BCUT2D eigenvalue weighted by atomic mass is 79.9. The number of rotatable bonds is 3. The summed E-state index contributed by atoms with van der Waals surface area (Å²) in [6.45, 7) is 0. The van der Waals surface area contributed by atoms with Crippen LogP contribution in [0.25, 0.3) is 0 Å². The minimum absolute atomic E-state index is 0.0398. The molecule has 1 aromatic carbocycles. The van der Waals surface area contributed by atoms with E-state index in [0.717, 1.165) is 12.8 Å². The maximum Gasteiger partial charge on any atom is 0.143 e. The first-order valence-corrected chi connectivity index (χ1v) is 5.68. The van der Waals surface area contributed by atoms with Crippen LogP contribution >= 0.6 is 15.9 Å². The van der Waals surface area contributed by atoms with Gasteiger partial charge in [-0.05, 0) is 53.9 Å². The Bertz CT molecular complexity index is 388. The Balaban J connectivity index is 2.26. The highest BCUT2D eigenvalue weighted by molar-refractivity contribution is 9.10. The maximum absolute atomic E-state index is 13.6. The van der Waals surface area contributed by atoms with Crippen LogP contribution in [0.2, 0.25) is 0 Å². The molecule has 0 bridgehead atoms. The summed E-state index contributed by atoms with van der Waals surface area (Å²) in [5, 5.41) is 3.19. The lowest BCUT2D eigenvalue weighted by Crippen LogP contribution is -2.30. The van der Waals surface area contributed by atoms with Crippen molar-refractivity contribution in [2.75, 3.05) is 7.05 Å². The van der Waals surface area contributed by atoms with Crippen molar-refractivity contribution < 1.29 is 8.78 Å². The second-order valence-electron chi connectivity index (χ2n) is 4.04. The van der Waals surface area contributed by atoms with Gasteiger partial charge in [0.2, 0.25) is 0 Å². The van der Waals surface area contributed by atoms with Crippen molar-refractivity contribution in [1.29, 1.82) is 0 Å². The van der Waals surface area contributed by atoms with Crippen LogP contribution in [0.3, 0.4) is 0 Å². The molecule has 0 unspecified atom stereocenters. The van der Waals surface area contributed by atoms with Gasteiger partial charge in [0.15, 0.2) is 0 Å². The Morgan fingerprint density at radius 1 is 1.40 bits per heavy atom. The van der Waals surface area contributed by atoms with E-state index in [2.05, 4.69) is 21.2 Å². The van der Waals surface area contributed by atoms with Crippen LogP contribution in [0.1, 0.15) is 18.4 Å². The largest absolute Gasteiger partial charge is 0.314 e. The third-order valence-electron chi connectivity index (χ3n) is 3.03. The van der Waals surface area contributed by atoms with Crippen LogP contribution < -0.4 is 5.32 Å². The first kappa shape index (κ1) is 11.0. The molecule has 1 aliphatic carbocycles. The van der Waals surface area contributed by atoms with Crippen LogP contribution in [-0.2, 0) is 6.42 Å². The van der Waals surface area contributed by atoms with E-state index in [-0.39, 0.29) is 10.0 Å². The van der Waals surface area contributed by atoms with Crippen molar-refractivity contribution in [3.63, 3.8) is 0 Å². The van der Waals surface area contributed by atoms with Gasteiger partial charge in [0.1, 0.15) is 11.6 Å². The molecular formula is C11H12BrF2N. The molecule has 2 rings (SSSR count). The molecule has 0 radical (unpaired) electrons. The van der Waals surface area contributed by atoms with Crippen molar-refractivity contribution in [2.24, 2.45) is 0 Å². The summed E-state index contributed by atoms with van der Waals surface area (Å²) >= 11 is 2.91. The zero-order chi connectivity index (χ0) is 11.1. The summed E-state index contributed by atoms with van der Waals surface area (Å²) in [6.07, 6.45) is 2.73. The van der Waals surface area contributed by atoms with Crippen LogP contribution in [0, 0.1) is 11.6 Å². The lowest BCUT2D eigenvalue weighted by molar-refractivity contribution is 0.513. The molecule has 1 fully saturated rings. The van der Waals surface area contributed by atoms with Gasteiger partial charge in [0, 0.05) is 5.54 Å². The van der Waals surface area contributed by atoms with Crippen LogP contribution in [-0.4, -0.2) is 12.6 Å². The second kappa shape index (κ2) is 3.83.